The summed E-state index contributed by atoms with van der Waals surface area (Å²) < 4.78 is 113. The zero-order valence-corrected chi connectivity index (χ0v) is 19.4. The summed E-state index contributed by atoms with van der Waals surface area (Å²) >= 11 is 0. The van der Waals surface area contributed by atoms with Crippen molar-refractivity contribution in [1.82, 2.24) is 0 Å². The minimum atomic E-state index is -7.14. The molecule has 0 rings (SSSR count). The predicted octanol–water partition coefficient (Wildman–Crippen LogP) is 9.71. The number of aliphatic carboxylic acids is 1. The number of hydrogen-bond acceptors (Lipinski definition) is 1. The molecule has 0 aliphatic heterocycles. The molecule has 0 aliphatic rings. The molecule has 1 N–H and O–H groups in total. The van der Waals surface area contributed by atoms with Gasteiger partial charge in [0.25, 0.3) is 0 Å². The number of rotatable bonds is 17. The van der Waals surface area contributed by atoms with Crippen molar-refractivity contribution in [2.75, 3.05) is 0 Å². The summed E-state index contributed by atoms with van der Waals surface area (Å²) in [6.45, 7) is 2.27. The van der Waals surface area contributed by atoms with Gasteiger partial charge in [0.05, 0.1) is 0 Å². The molecular formula is C22H36F10O2. The first-order valence-electron chi connectivity index (χ1n) is 11.6. The molecule has 0 saturated heterocycles. The van der Waals surface area contributed by atoms with Crippen LogP contribution in [0.1, 0.15) is 110 Å². The topological polar surface area (TPSA) is 37.3 Å². The second-order valence-corrected chi connectivity index (χ2v) is 8.24. The smallest absolute Gasteiger partial charge is 0.460 e. The summed E-state index contributed by atoms with van der Waals surface area (Å²) in [6.07, 6.45) is 6.27. The van der Waals surface area contributed by atoms with Crippen LogP contribution in [0.25, 0.3) is 0 Å². The van der Waals surface area contributed by atoms with Crippen LogP contribution in [0.3, 0.4) is 0 Å². The lowest BCUT2D eigenvalue weighted by Gasteiger charge is -2.29. The van der Waals surface area contributed by atoms with Gasteiger partial charge in [0.15, 0.2) is 0 Å². The van der Waals surface area contributed by atoms with E-state index in [9.17, 15) is 48.7 Å². The average Bonchev–Trinajstić information content (AvgIpc) is 2.69. The monoisotopic (exact) mass is 522 g/mol. The Morgan fingerprint density at radius 2 is 0.735 bits per heavy atom. The maximum atomic E-state index is 11.6. The quantitative estimate of drug-likeness (QED) is 0.153. The zero-order chi connectivity index (χ0) is 26.9. The van der Waals surface area contributed by atoms with E-state index in [4.69, 9.17) is 5.11 Å². The first-order valence-corrected chi connectivity index (χ1v) is 11.6. The van der Waals surface area contributed by atoms with E-state index in [0.717, 1.165) is 12.8 Å². The van der Waals surface area contributed by atoms with Crippen molar-refractivity contribution in [3.8, 4) is 0 Å². The summed E-state index contributed by atoms with van der Waals surface area (Å²) in [6, 6.07) is 0. The van der Waals surface area contributed by atoms with Crippen LogP contribution < -0.4 is 0 Å². The zero-order valence-electron chi connectivity index (χ0n) is 19.4. The van der Waals surface area contributed by atoms with Crippen molar-refractivity contribution in [3.63, 3.8) is 0 Å². The van der Waals surface area contributed by atoms with Crippen LogP contribution in [0, 0.1) is 0 Å². The van der Waals surface area contributed by atoms with Crippen molar-refractivity contribution in [1.29, 1.82) is 0 Å². The predicted molar refractivity (Wildman–Crippen MR) is 109 cm³/mol. The SMILES string of the molecule is CCCCCCCCCCCCCCCCCC(=O)O.FC(F)(F)C(F)(F)C(F)(F)C(F)(F)F. The lowest BCUT2D eigenvalue weighted by atomic mass is 10.0. The molecule has 0 saturated carbocycles. The highest BCUT2D eigenvalue weighted by atomic mass is 19.4. The van der Waals surface area contributed by atoms with E-state index in [2.05, 4.69) is 6.92 Å². The van der Waals surface area contributed by atoms with Crippen LogP contribution >= 0.6 is 0 Å². The highest BCUT2D eigenvalue weighted by molar-refractivity contribution is 5.66. The van der Waals surface area contributed by atoms with Gasteiger partial charge >= 0.3 is 30.2 Å². The summed E-state index contributed by atoms with van der Waals surface area (Å²) in [4.78, 5) is 10.3. The molecule has 0 unspecified atom stereocenters. The molecule has 0 atom stereocenters. The van der Waals surface area contributed by atoms with Crippen LogP contribution in [0.15, 0.2) is 0 Å². The normalized spacial score (nSPS) is 12.9. The molecule has 0 radical (unpaired) electrons. The number of carboxylic acid groups (broad SMARTS) is 1. The highest BCUT2D eigenvalue weighted by Crippen LogP contribution is 2.53. The highest BCUT2D eigenvalue weighted by Gasteiger charge is 2.82. The Balaban J connectivity index is 0. The van der Waals surface area contributed by atoms with E-state index in [1.165, 1.54) is 83.5 Å². The van der Waals surface area contributed by atoms with E-state index >= 15 is 0 Å². The minimum Gasteiger partial charge on any atom is -0.481 e. The number of carbonyl (C=O) groups is 1. The molecule has 34 heavy (non-hydrogen) atoms. The maximum Gasteiger partial charge on any atom is 0.460 e. The Kier molecular flexibility index (Phi) is 17.7. The summed E-state index contributed by atoms with van der Waals surface area (Å²) in [5.74, 6) is -14.9. The van der Waals surface area contributed by atoms with Gasteiger partial charge in [0.2, 0.25) is 0 Å². The van der Waals surface area contributed by atoms with Gasteiger partial charge in [-0.3, -0.25) is 4.79 Å². The van der Waals surface area contributed by atoms with Gasteiger partial charge in [0.1, 0.15) is 0 Å². The van der Waals surface area contributed by atoms with Crippen LogP contribution in [-0.2, 0) is 4.79 Å². The number of hydrogen-bond donors (Lipinski definition) is 1. The van der Waals surface area contributed by atoms with Gasteiger partial charge in [0, 0.05) is 6.42 Å². The van der Waals surface area contributed by atoms with E-state index in [-0.39, 0.29) is 0 Å². The number of alkyl halides is 10. The molecule has 0 aromatic heterocycles. The Morgan fingerprint density at radius 3 is 0.941 bits per heavy atom. The third-order valence-corrected chi connectivity index (χ3v) is 5.10. The third kappa shape index (κ3) is 14.9. The molecule has 0 aliphatic carbocycles. The van der Waals surface area contributed by atoms with Crippen molar-refractivity contribution in [3.05, 3.63) is 0 Å². The van der Waals surface area contributed by atoms with E-state index in [1.807, 2.05) is 0 Å². The summed E-state index contributed by atoms with van der Waals surface area (Å²) in [5, 5.41) is 8.52. The van der Waals surface area contributed by atoms with Crippen molar-refractivity contribution in [2.45, 2.75) is 134 Å². The first kappa shape index (κ1) is 34.9. The summed E-state index contributed by atoms with van der Waals surface area (Å²) in [7, 11) is 0. The second-order valence-electron chi connectivity index (χ2n) is 8.24. The first-order chi connectivity index (χ1) is 15.5. The lowest BCUT2D eigenvalue weighted by Crippen LogP contribution is -2.59. The molecule has 0 heterocycles. The largest absolute Gasteiger partial charge is 0.481 e. The Morgan fingerprint density at radius 1 is 0.500 bits per heavy atom. The average molecular weight is 523 g/mol. The van der Waals surface area contributed by atoms with Crippen LogP contribution in [0.4, 0.5) is 43.9 Å². The van der Waals surface area contributed by atoms with Gasteiger partial charge in [-0.2, -0.15) is 43.9 Å². The van der Waals surface area contributed by atoms with Gasteiger partial charge in [-0.15, -0.1) is 0 Å². The Bertz CT molecular complexity index is 493. The second kappa shape index (κ2) is 17.2. The van der Waals surface area contributed by atoms with Crippen molar-refractivity contribution in [2.24, 2.45) is 0 Å². The molecule has 0 spiro atoms. The molecule has 0 amide bonds. The summed E-state index contributed by atoms with van der Waals surface area (Å²) in [5.41, 5.74) is 0. The van der Waals surface area contributed by atoms with Crippen LogP contribution in [0.5, 0.6) is 0 Å². The van der Waals surface area contributed by atoms with Gasteiger partial charge in [-0.1, -0.05) is 96.8 Å². The minimum absolute atomic E-state index is 0.345. The fraction of sp³-hybridized carbons (Fsp3) is 0.955. The maximum absolute atomic E-state index is 11.6. The van der Waals surface area contributed by atoms with Gasteiger partial charge in [-0.05, 0) is 6.42 Å². The van der Waals surface area contributed by atoms with E-state index in [1.54, 1.807) is 0 Å². The standard InChI is InChI=1S/C18H36O2.C4F10/c1-2-3-4-5-6-7-8-9-10-11-12-13-14-15-16-17-18(19)20;5-1(6,3(9,10)11)2(7,8)4(12,13)14/h2-17H2,1H3,(H,19,20);. The third-order valence-electron chi connectivity index (χ3n) is 5.10. The van der Waals surface area contributed by atoms with E-state index < -0.39 is 30.2 Å². The molecule has 12 heteroatoms. The molecule has 2 nitrogen and oxygen atoms in total. The fourth-order valence-electron chi connectivity index (χ4n) is 3.00. The number of halogens is 10. The molecule has 0 fully saturated rings. The van der Waals surface area contributed by atoms with Crippen molar-refractivity contribution < 1.29 is 53.8 Å². The van der Waals surface area contributed by atoms with Gasteiger partial charge in [-0.25, -0.2) is 0 Å². The Labute approximate surface area is 194 Å². The molecular weight excluding hydrogens is 486 g/mol. The molecule has 0 aromatic carbocycles. The lowest BCUT2D eigenvalue weighted by molar-refractivity contribution is -0.419. The van der Waals surface area contributed by atoms with Gasteiger partial charge < -0.3 is 5.11 Å². The van der Waals surface area contributed by atoms with E-state index in [0.29, 0.717) is 6.42 Å². The van der Waals surface area contributed by atoms with Crippen molar-refractivity contribution >= 4 is 5.97 Å². The number of carboxylic acids is 1. The van der Waals surface area contributed by atoms with Crippen LogP contribution in [-0.4, -0.2) is 35.3 Å². The number of unbranched alkanes of at least 4 members (excludes halogenated alkanes) is 14. The van der Waals surface area contributed by atoms with Crippen LogP contribution in [0.2, 0.25) is 0 Å². The molecule has 0 aromatic rings. The molecule has 206 valence electrons. The fourth-order valence-corrected chi connectivity index (χ4v) is 3.00. The molecule has 0 bridgehead atoms. The Hall–Kier alpha value is -1.23.